The SMILES string of the molecule is Cc1ccccc1CN1CCN(C(=O)c2ccc(COc3c(C)cccc3C)cc2)CC1. The predicted octanol–water partition coefficient (Wildman–Crippen LogP) is 5.15. The van der Waals surface area contributed by atoms with Gasteiger partial charge in [-0.15, -0.1) is 0 Å². The lowest BCUT2D eigenvalue weighted by Crippen LogP contribution is -2.48. The van der Waals surface area contributed by atoms with Gasteiger partial charge in [0, 0.05) is 38.3 Å². The van der Waals surface area contributed by atoms with Crippen LogP contribution in [0.15, 0.2) is 66.7 Å². The first-order valence-corrected chi connectivity index (χ1v) is 11.4. The average Bonchev–Trinajstić information content (AvgIpc) is 2.81. The summed E-state index contributed by atoms with van der Waals surface area (Å²) in [6, 6.07) is 22.5. The standard InChI is InChI=1S/C28H32N2O2/c1-21-7-4-5-10-26(21)19-29-15-17-30(18-16-29)28(31)25-13-11-24(12-14-25)20-32-27-22(2)8-6-9-23(27)3/h4-14H,15-20H2,1-3H3. The Kier molecular flexibility index (Phi) is 6.91. The molecule has 1 saturated heterocycles. The molecule has 166 valence electrons. The molecule has 0 bridgehead atoms. The van der Waals surface area contributed by atoms with Gasteiger partial charge in [-0.05, 0) is 60.7 Å². The molecule has 0 radical (unpaired) electrons. The van der Waals surface area contributed by atoms with Crippen molar-refractivity contribution < 1.29 is 9.53 Å². The van der Waals surface area contributed by atoms with Crippen LogP contribution in [-0.4, -0.2) is 41.9 Å². The van der Waals surface area contributed by atoms with E-state index in [1.807, 2.05) is 35.2 Å². The zero-order valence-corrected chi connectivity index (χ0v) is 19.3. The van der Waals surface area contributed by atoms with Gasteiger partial charge in [0.05, 0.1) is 0 Å². The summed E-state index contributed by atoms with van der Waals surface area (Å²) < 4.78 is 6.04. The summed E-state index contributed by atoms with van der Waals surface area (Å²) in [6.07, 6.45) is 0. The van der Waals surface area contributed by atoms with Gasteiger partial charge in [0.2, 0.25) is 0 Å². The molecule has 3 aromatic rings. The highest BCUT2D eigenvalue weighted by Gasteiger charge is 2.22. The largest absolute Gasteiger partial charge is 0.488 e. The van der Waals surface area contributed by atoms with Gasteiger partial charge < -0.3 is 9.64 Å². The van der Waals surface area contributed by atoms with Crippen molar-refractivity contribution in [2.75, 3.05) is 26.2 Å². The van der Waals surface area contributed by atoms with Gasteiger partial charge in [-0.1, -0.05) is 54.6 Å². The van der Waals surface area contributed by atoms with E-state index in [9.17, 15) is 4.79 Å². The Bertz CT molecular complexity index is 1050. The Morgan fingerprint density at radius 1 is 0.781 bits per heavy atom. The number of ether oxygens (including phenoxy) is 1. The van der Waals surface area contributed by atoms with Crippen LogP contribution in [0, 0.1) is 20.8 Å². The topological polar surface area (TPSA) is 32.8 Å². The highest BCUT2D eigenvalue weighted by molar-refractivity contribution is 5.94. The molecule has 4 rings (SSSR count). The smallest absolute Gasteiger partial charge is 0.253 e. The molecule has 0 atom stereocenters. The van der Waals surface area contributed by atoms with E-state index in [1.54, 1.807) is 0 Å². The molecule has 0 saturated carbocycles. The van der Waals surface area contributed by atoms with Crippen LogP contribution in [-0.2, 0) is 13.2 Å². The normalized spacial score (nSPS) is 14.4. The minimum Gasteiger partial charge on any atom is -0.488 e. The minimum atomic E-state index is 0.114. The summed E-state index contributed by atoms with van der Waals surface area (Å²) in [5, 5.41) is 0. The van der Waals surface area contributed by atoms with E-state index in [2.05, 4.69) is 62.1 Å². The van der Waals surface area contributed by atoms with Crippen molar-refractivity contribution in [3.8, 4) is 5.75 Å². The van der Waals surface area contributed by atoms with Gasteiger partial charge in [-0.25, -0.2) is 0 Å². The maximum Gasteiger partial charge on any atom is 0.253 e. The third-order valence-electron chi connectivity index (χ3n) is 6.31. The van der Waals surface area contributed by atoms with Crippen LogP contribution >= 0.6 is 0 Å². The number of nitrogens with zero attached hydrogens (tertiary/aromatic N) is 2. The van der Waals surface area contributed by atoms with Crippen LogP contribution in [0.2, 0.25) is 0 Å². The van der Waals surface area contributed by atoms with Crippen molar-refractivity contribution in [2.45, 2.75) is 33.9 Å². The number of hydrogen-bond acceptors (Lipinski definition) is 3. The highest BCUT2D eigenvalue weighted by Crippen LogP contribution is 2.23. The van der Waals surface area contributed by atoms with Crippen molar-refractivity contribution in [2.24, 2.45) is 0 Å². The van der Waals surface area contributed by atoms with E-state index < -0.39 is 0 Å². The van der Waals surface area contributed by atoms with Gasteiger partial charge in [-0.2, -0.15) is 0 Å². The Balaban J connectivity index is 1.30. The lowest BCUT2D eigenvalue weighted by atomic mass is 10.1. The second kappa shape index (κ2) is 10.0. The molecule has 0 spiro atoms. The summed E-state index contributed by atoms with van der Waals surface area (Å²) in [5.74, 6) is 1.05. The van der Waals surface area contributed by atoms with E-state index in [1.165, 1.54) is 11.1 Å². The third-order valence-corrected chi connectivity index (χ3v) is 6.31. The second-order valence-corrected chi connectivity index (χ2v) is 8.70. The van der Waals surface area contributed by atoms with Crippen LogP contribution < -0.4 is 4.74 Å². The fourth-order valence-corrected chi connectivity index (χ4v) is 4.25. The number of piperazine rings is 1. The molecule has 0 unspecified atom stereocenters. The van der Waals surface area contributed by atoms with Crippen molar-refractivity contribution in [3.63, 3.8) is 0 Å². The van der Waals surface area contributed by atoms with Gasteiger partial charge >= 0.3 is 0 Å². The lowest BCUT2D eigenvalue weighted by Gasteiger charge is -2.35. The molecule has 1 heterocycles. The number of amides is 1. The molecule has 0 aliphatic carbocycles. The number of carbonyl (C=O) groups excluding carboxylic acids is 1. The molecule has 1 amide bonds. The zero-order valence-electron chi connectivity index (χ0n) is 19.3. The third kappa shape index (κ3) is 5.20. The number of para-hydroxylation sites is 1. The number of hydrogen-bond donors (Lipinski definition) is 0. The Labute approximate surface area is 191 Å². The highest BCUT2D eigenvalue weighted by atomic mass is 16.5. The van der Waals surface area contributed by atoms with E-state index >= 15 is 0 Å². The van der Waals surface area contributed by atoms with Crippen molar-refractivity contribution in [3.05, 3.63) is 100 Å². The van der Waals surface area contributed by atoms with Crippen molar-refractivity contribution in [1.82, 2.24) is 9.80 Å². The molecule has 3 aromatic carbocycles. The Hall–Kier alpha value is -3.11. The molecular formula is C28H32N2O2. The second-order valence-electron chi connectivity index (χ2n) is 8.70. The number of benzene rings is 3. The number of rotatable bonds is 6. The summed E-state index contributed by atoms with van der Waals surface area (Å²) in [4.78, 5) is 17.4. The van der Waals surface area contributed by atoms with Gasteiger partial charge in [0.1, 0.15) is 12.4 Å². The number of carbonyl (C=O) groups is 1. The summed E-state index contributed by atoms with van der Waals surface area (Å²) in [7, 11) is 0. The van der Waals surface area contributed by atoms with E-state index in [0.29, 0.717) is 6.61 Å². The summed E-state index contributed by atoms with van der Waals surface area (Å²) in [6.45, 7) is 11.1. The van der Waals surface area contributed by atoms with Gasteiger partial charge in [0.15, 0.2) is 0 Å². The van der Waals surface area contributed by atoms with E-state index in [-0.39, 0.29) is 5.91 Å². The number of aryl methyl sites for hydroxylation is 3. The monoisotopic (exact) mass is 428 g/mol. The molecular weight excluding hydrogens is 396 g/mol. The predicted molar refractivity (Wildman–Crippen MR) is 129 cm³/mol. The van der Waals surface area contributed by atoms with Crippen molar-refractivity contribution in [1.29, 1.82) is 0 Å². The maximum atomic E-state index is 13.0. The molecule has 4 nitrogen and oxygen atoms in total. The fraction of sp³-hybridized carbons (Fsp3) is 0.321. The quantitative estimate of drug-likeness (QED) is 0.544. The maximum absolute atomic E-state index is 13.0. The molecule has 32 heavy (non-hydrogen) atoms. The first-order valence-electron chi connectivity index (χ1n) is 11.4. The van der Waals surface area contributed by atoms with Crippen LogP contribution in [0.4, 0.5) is 0 Å². The van der Waals surface area contributed by atoms with Crippen LogP contribution in [0.3, 0.4) is 0 Å². The van der Waals surface area contributed by atoms with Crippen LogP contribution in [0.1, 0.15) is 38.2 Å². The van der Waals surface area contributed by atoms with Gasteiger partial charge in [0.25, 0.3) is 5.91 Å². The van der Waals surface area contributed by atoms with E-state index in [0.717, 1.165) is 60.7 Å². The molecule has 4 heteroatoms. The van der Waals surface area contributed by atoms with Crippen LogP contribution in [0.25, 0.3) is 0 Å². The Morgan fingerprint density at radius 3 is 2.06 bits per heavy atom. The zero-order chi connectivity index (χ0) is 22.5. The first kappa shape index (κ1) is 22.1. The summed E-state index contributed by atoms with van der Waals surface area (Å²) in [5.41, 5.74) is 6.77. The molecule has 0 aromatic heterocycles. The van der Waals surface area contributed by atoms with Gasteiger partial charge in [-0.3, -0.25) is 9.69 Å². The first-order chi connectivity index (χ1) is 15.5. The average molecular weight is 429 g/mol. The molecule has 0 N–H and O–H groups in total. The Morgan fingerprint density at radius 2 is 1.41 bits per heavy atom. The van der Waals surface area contributed by atoms with Crippen molar-refractivity contribution >= 4 is 5.91 Å². The molecule has 1 aliphatic rings. The molecule has 1 aliphatic heterocycles. The van der Waals surface area contributed by atoms with E-state index in [4.69, 9.17) is 4.74 Å². The fourth-order valence-electron chi connectivity index (χ4n) is 4.25. The molecule has 1 fully saturated rings. The minimum absolute atomic E-state index is 0.114. The lowest BCUT2D eigenvalue weighted by molar-refractivity contribution is 0.0628. The van der Waals surface area contributed by atoms with Crippen LogP contribution in [0.5, 0.6) is 5.75 Å². The summed E-state index contributed by atoms with van der Waals surface area (Å²) >= 11 is 0.